The van der Waals surface area contributed by atoms with Gasteiger partial charge in [0.25, 0.3) is 0 Å². The monoisotopic (exact) mass is 378 g/mol. The van der Waals surface area contributed by atoms with E-state index < -0.39 is 5.97 Å². The van der Waals surface area contributed by atoms with Crippen molar-refractivity contribution in [3.05, 3.63) is 75.8 Å². The molecule has 2 aromatic carbocycles. The lowest BCUT2D eigenvalue weighted by Crippen LogP contribution is -2.11. The molecule has 1 aromatic heterocycles. The number of esters is 1. The van der Waals surface area contributed by atoms with E-state index in [9.17, 15) is 4.79 Å². The predicted molar refractivity (Wildman–Crippen MR) is 93.9 cm³/mol. The van der Waals surface area contributed by atoms with Crippen LogP contribution >= 0.6 is 34.8 Å². The zero-order valence-electron chi connectivity index (χ0n) is 12.0. The fraction of sp³-hybridized carbons (Fsp3) is 0. The second kappa shape index (κ2) is 7.18. The van der Waals surface area contributed by atoms with Crippen LogP contribution in [0.4, 0.5) is 0 Å². The molecule has 7 heteroatoms. The summed E-state index contributed by atoms with van der Waals surface area (Å²) in [5, 5.41) is 1.29. The first-order valence-corrected chi connectivity index (χ1v) is 7.91. The van der Waals surface area contributed by atoms with Gasteiger partial charge in [0.15, 0.2) is 5.69 Å². The van der Waals surface area contributed by atoms with E-state index in [1.54, 1.807) is 30.3 Å². The standard InChI is InChI=1S/C17H9Cl3N2O2/c18-11-3-1-10(2-4-11)16-13(20)7-12(19)8-15(16)24-17(23)14-9-21-5-6-22-14/h1-9H. The number of benzene rings is 2. The lowest BCUT2D eigenvalue weighted by atomic mass is 10.0. The highest BCUT2D eigenvalue weighted by Crippen LogP contribution is 2.39. The van der Waals surface area contributed by atoms with Crippen LogP contribution in [-0.2, 0) is 0 Å². The lowest BCUT2D eigenvalue weighted by molar-refractivity contribution is 0.0729. The summed E-state index contributed by atoms with van der Waals surface area (Å²) in [7, 11) is 0. The van der Waals surface area contributed by atoms with Gasteiger partial charge < -0.3 is 4.74 Å². The Labute approximate surface area is 153 Å². The molecule has 0 fully saturated rings. The number of ether oxygens (including phenoxy) is 1. The Kier molecular flexibility index (Phi) is 5.00. The summed E-state index contributed by atoms with van der Waals surface area (Å²) < 4.78 is 5.43. The average molecular weight is 380 g/mol. The number of carbonyl (C=O) groups is 1. The Balaban J connectivity index is 2.04. The molecule has 0 aliphatic carbocycles. The van der Waals surface area contributed by atoms with Gasteiger partial charge in [0.2, 0.25) is 0 Å². The number of halogens is 3. The van der Waals surface area contributed by atoms with Crippen LogP contribution in [0.5, 0.6) is 5.75 Å². The number of nitrogens with zero attached hydrogens (tertiary/aromatic N) is 2. The SMILES string of the molecule is O=C(Oc1cc(Cl)cc(Cl)c1-c1ccc(Cl)cc1)c1cnccn1. The van der Waals surface area contributed by atoms with Gasteiger partial charge in [-0.1, -0.05) is 46.9 Å². The summed E-state index contributed by atoms with van der Waals surface area (Å²) in [4.78, 5) is 20.0. The molecule has 0 aliphatic rings. The van der Waals surface area contributed by atoms with Gasteiger partial charge in [-0.2, -0.15) is 0 Å². The molecule has 4 nitrogen and oxygen atoms in total. The molecule has 0 radical (unpaired) electrons. The van der Waals surface area contributed by atoms with Gasteiger partial charge in [-0.05, 0) is 23.8 Å². The van der Waals surface area contributed by atoms with E-state index in [2.05, 4.69) is 9.97 Å². The Bertz CT molecular complexity index is 884. The smallest absolute Gasteiger partial charge is 0.363 e. The Morgan fingerprint density at radius 2 is 1.71 bits per heavy atom. The Morgan fingerprint density at radius 3 is 2.38 bits per heavy atom. The largest absolute Gasteiger partial charge is 0.421 e. The van der Waals surface area contributed by atoms with Gasteiger partial charge in [-0.3, -0.25) is 4.98 Å². The second-order valence-electron chi connectivity index (χ2n) is 4.75. The van der Waals surface area contributed by atoms with Crippen LogP contribution < -0.4 is 4.74 Å². The van der Waals surface area contributed by atoms with E-state index in [0.717, 1.165) is 5.56 Å². The molecule has 120 valence electrons. The molecular weight excluding hydrogens is 371 g/mol. The molecule has 0 atom stereocenters. The van der Waals surface area contributed by atoms with Crippen molar-refractivity contribution in [1.29, 1.82) is 0 Å². The second-order valence-corrected chi connectivity index (χ2v) is 6.03. The molecule has 0 unspecified atom stereocenters. The number of aromatic nitrogens is 2. The van der Waals surface area contributed by atoms with Gasteiger partial charge in [0, 0.05) is 34.1 Å². The lowest BCUT2D eigenvalue weighted by Gasteiger charge is -2.13. The summed E-state index contributed by atoms with van der Waals surface area (Å²) in [6, 6.07) is 10.1. The molecule has 0 aliphatic heterocycles. The van der Waals surface area contributed by atoms with Crippen LogP contribution in [0.15, 0.2) is 55.0 Å². The highest BCUT2D eigenvalue weighted by molar-refractivity contribution is 6.37. The highest BCUT2D eigenvalue weighted by atomic mass is 35.5. The van der Waals surface area contributed by atoms with Crippen molar-refractivity contribution in [2.24, 2.45) is 0 Å². The maximum absolute atomic E-state index is 12.2. The van der Waals surface area contributed by atoms with Gasteiger partial charge in [0.05, 0.1) is 11.2 Å². The average Bonchev–Trinajstić information content (AvgIpc) is 2.56. The molecule has 0 spiro atoms. The van der Waals surface area contributed by atoms with Crippen molar-refractivity contribution < 1.29 is 9.53 Å². The van der Waals surface area contributed by atoms with Gasteiger partial charge in [-0.25, -0.2) is 9.78 Å². The predicted octanol–water partition coefficient (Wildman–Crippen LogP) is 5.32. The summed E-state index contributed by atoms with van der Waals surface area (Å²) >= 11 is 18.3. The minimum atomic E-state index is -0.656. The molecule has 0 saturated heterocycles. The fourth-order valence-corrected chi connectivity index (χ4v) is 2.79. The number of carbonyl (C=O) groups excluding carboxylic acids is 1. The van der Waals surface area contributed by atoms with Gasteiger partial charge in [-0.15, -0.1) is 0 Å². The summed E-state index contributed by atoms with van der Waals surface area (Å²) in [5.41, 5.74) is 1.36. The molecular formula is C17H9Cl3N2O2. The van der Waals surface area contributed by atoms with E-state index in [0.29, 0.717) is 20.6 Å². The van der Waals surface area contributed by atoms with Crippen molar-refractivity contribution >= 4 is 40.8 Å². The van der Waals surface area contributed by atoms with Crippen molar-refractivity contribution in [2.75, 3.05) is 0 Å². The first-order valence-electron chi connectivity index (χ1n) is 6.78. The van der Waals surface area contributed by atoms with E-state index in [-0.39, 0.29) is 11.4 Å². The van der Waals surface area contributed by atoms with Crippen LogP contribution in [0.3, 0.4) is 0 Å². The molecule has 0 N–H and O–H groups in total. The van der Waals surface area contributed by atoms with Crippen LogP contribution in [0.25, 0.3) is 11.1 Å². The third-order valence-electron chi connectivity index (χ3n) is 3.13. The maximum atomic E-state index is 12.2. The minimum absolute atomic E-state index is 0.0793. The van der Waals surface area contributed by atoms with Crippen LogP contribution in [0.1, 0.15) is 10.5 Å². The van der Waals surface area contributed by atoms with Gasteiger partial charge in [0.1, 0.15) is 5.75 Å². The summed E-state index contributed by atoms with van der Waals surface area (Å²) in [6.07, 6.45) is 4.18. The summed E-state index contributed by atoms with van der Waals surface area (Å²) in [5.74, 6) is -0.429. The van der Waals surface area contributed by atoms with Gasteiger partial charge >= 0.3 is 5.97 Å². The topological polar surface area (TPSA) is 52.1 Å². The van der Waals surface area contributed by atoms with Crippen LogP contribution in [-0.4, -0.2) is 15.9 Å². The van der Waals surface area contributed by atoms with Crippen molar-refractivity contribution in [3.8, 4) is 16.9 Å². The fourth-order valence-electron chi connectivity index (χ4n) is 2.08. The van der Waals surface area contributed by atoms with Crippen LogP contribution in [0.2, 0.25) is 15.1 Å². The Hall–Kier alpha value is -2.14. The number of hydrogen-bond donors (Lipinski definition) is 0. The van der Waals surface area contributed by atoms with E-state index >= 15 is 0 Å². The third-order valence-corrected chi connectivity index (χ3v) is 3.89. The third kappa shape index (κ3) is 3.67. The van der Waals surface area contributed by atoms with E-state index in [1.165, 1.54) is 24.7 Å². The van der Waals surface area contributed by atoms with E-state index in [1.807, 2.05) is 0 Å². The minimum Gasteiger partial charge on any atom is -0.421 e. The maximum Gasteiger partial charge on any atom is 0.363 e. The summed E-state index contributed by atoms with van der Waals surface area (Å²) in [6.45, 7) is 0. The molecule has 0 amide bonds. The first-order chi connectivity index (χ1) is 11.5. The van der Waals surface area contributed by atoms with E-state index in [4.69, 9.17) is 39.5 Å². The quantitative estimate of drug-likeness (QED) is 0.456. The molecule has 3 aromatic rings. The van der Waals surface area contributed by atoms with Crippen LogP contribution in [0, 0.1) is 0 Å². The zero-order chi connectivity index (χ0) is 17.1. The molecule has 0 bridgehead atoms. The zero-order valence-corrected chi connectivity index (χ0v) is 14.3. The molecule has 0 saturated carbocycles. The van der Waals surface area contributed by atoms with Crippen molar-refractivity contribution in [1.82, 2.24) is 9.97 Å². The number of rotatable bonds is 3. The molecule has 24 heavy (non-hydrogen) atoms. The highest BCUT2D eigenvalue weighted by Gasteiger charge is 2.17. The Morgan fingerprint density at radius 1 is 0.958 bits per heavy atom. The molecule has 1 heterocycles. The first kappa shape index (κ1) is 16.7. The number of hydrogen-bond acceptors (Lipinski definition) is 4. The van der Waals surface area contributed by atoms with Crippen molar-refractivity contribution in [2.45, 2.75) is 0 Å². The normalized spacial score (nSPS) is 10.5. The van der Waals surface area contributed by atoms with Crippen molar-refractivity contribution in [3.63, 3.8) is 0 Å². The molecule has 3 rings (SSSR count).